The van der Waals surface area contributed by atoms with E-state index in [0.717, 1.165) is 17.9 Å². The molecule has 4 rings (SSSR count). The molecule has 0 amide bonds. The van der Waals surface area contributed by atoms with Crippen LogP contribution in [0.2, 0.25) is 0 Å². The van der Waals surface area contributed by atoms with Gasteiger partial charge in [0.05, 0.1) is 0 Å². The van der Waals surface area contributed by atoms with Crippen molar-refractivity contribution in [3.05, 3.63) is 41.5 Å². The summed E-state index contributed by atoms with van der Waals surface area (Å²) in [4.78, 5) is 0. The molecule has 0 saturated heterocycles. The third-order valence-corrected chi connectivity index (χ3v) is 4.25. The van der Waals surface area contributed by atoms with Crippen molar-refractivity contribution in [2.75, 3.05) is 0 Å². The van der Waals surface area contributed by atoms with Crippen LogP contribution in [0.1, 0.15) is 38.8 Å². The molecule has 0 unspecified atom stereocenters. The first-order valence-electron chi connectivity index (χ1n) is 7.51. The van der Waals surface area contributed by atoms with Gasteiger partial charge in [-0.05, 0) is 39.2 Å². The van der Waals surface area contributed by atoms with E-state index in [-0.39, 0.29) is 11.2 Å². The van der Waals surface area contributed by atoms with Crippen molar-refractivity contribution in [2.45, 2.75) is 45.3 Å². The van der Waals surface area contributed by atoms with E-state index in [2.05, 4.69) is 64.1 Å². The molecule has 2 heteroatoms. The van der Waals surface area contributed by atoms with Gasteiger partial charge in [-0.1, -0.05) is 30.3 Å². The number of rotatable bonds is 0. The molecule has 0 fully saturated rings. The summed E-state index contributed by atoms with van der Waals surface area (Å²) in [7, 11) is 0. The monoisotopic (exact) mass is 280 g/mol. The Labute approximate surface area is 125 Å². The summed E-state index contributed by atoms with van der Waals surface area (Å²) < 4.78 is 12.5. The quantitative estimate of drug-likeness (QED) is 0.694. The first-order chi connectivity index (χ1) is 9.86. The van der Waals surface area contributed by atoms with E-state index in [0.29, 0.717) is 0 Å². The van der Waals surface area contributed by atoms with Gasteiger partial charge >= 0.3 is 0 Å². The Balaban J connectivity index is 2.09. The van der Waals surface area contributed by atoms with Gasteiger partial charge in [-0.15, -0.1) is 0 Å². The minimum atomic E-state index is -0.268. The van der Waals surface area contributed by atoms with Gasteiger partial charge in [-0.25, -0.2) is 0 Å². The zero-order chi connectivity index (χ0) is 14.8. The average Bonchev–Trinajstić information content (AvgIpc) is 2.74. The van der Waals surface area contributed by atoms with Gasteiger partial charge in [0.25, 0.3) is 0 Å². The van der Waals surface area contributed by atoms with Crippen LogP contribution in [0.4, 0.5) is 0 Å². The van der Waals surface area contributed by atoms with Gasteiger partial charge < -0.3 is 9.47 Å². The van der Waals surface area contributed by atoms with Crippen LogP contribution >= 0.6 is 0 Å². The number of hydrogen-bond donors (Lipinski definition) is 0. The number of benzene rings is 2. The fourth-order valence-electron chi connectivity index (χ4n) is 3.34. The molecule has 2 nitrogen and oxygen atoms in total. The highest BCUT2D eigenvalue weighted by atomic mass is 16.5. The van der Waals surface area contributed by atoms with Crippen LogP contribution in [0.25, 0.3) is 16.8 Å². The molecule has 0 radical (unpaired) electrons. The molecule has 2 aromatic carbocycles. The summed E-state index contributed by atoms with van der Waals surface area (Å²) in [6.45, 7) is 8.46. The fraction of sp³-hybridized carbons (Fsp3) is 0.368. The third kappa shape index (κ3) is 1.85. The maximum atomic E-state index is 6.30. The molecule has 0 spiro atoms. The highest BCUT2D eigenvalue weighted by Gasteiger charge is 2.37. The van der Waals surface area contributed by atoms with Crippen molar-refractivity contribution in [1.29, 1.82) is 0 Å². The summed E-state index contributed by atoms with van der Waals surface area (Å²) in [5.41, 5.74) is 1.96. The lowest BCUT2D eigenvalue weighted by Crippen LogP contribution is -2.28. The highest BCUT2D eigenvalue weighted by Crippen LogP contribution is 2.50. The SMILES string of the molecule is CC1(C)C=Cc2c(c3c(c4ccccc24)OC(C)(C)C3)O1. The molecule has 0 aromatic heterocycles. The average molecular weight is 280 g/mol. The van der Waals surface area contributed by atoms with E-state index >= 15 is 0 Å². The van der Waals surface area contributed by atoms with Gasteiger partial charge in [0, 0.05) is 22.9 Å². The van der Waals surface area contributed by atoms with Crippen LogP contribution in [0.5, 0.6) is 11.5 Å². The van der Waals surface area contributed by atoms with Crippen molar-refractivity contribution >= 4 is 16.8 Å². The van der Waals surface area contributed by atoms with Gasteiger partial charge in [-0.3, -0.25) is 0 Å². The molecule has 0 aliphatic carbocycles. The maximum Gasteiger partial charge on any atom is 0.135 e. The predicted octanol–water partition coefficient (Wildman–Crippen LogP) is 4.74. The standard InChI is InChI=1S/C19H20O2/c1-18(2)10-9-14-12-7-5-6-8-13(12)16-15(17(14)20-18)11-19(3,4)21-16/h5-10H,11H2,1-4H3. The van der Waals surface area contributed by atoms with Crippen LogP contribution < -0.4 is 9.47 Å². The molecule has 2 heterocycles. The number of ether oxygens (including phenoxy) is 2. The lowest BCUT2D eigenvalue weighted by atomic mass is 9.91. The van der Waals surface area contributed by atoms with E-state index in [4.69, 9.17) is 9.47 Å². The zero-order valence-electron chi connectivity index (χ0n) is 13.0. The second kappa shape index (κ2) is 3.82. The maximum absolute atomic E-state index is 6.30. The first-order valence-corrected chi connectivity index (χ1v) is 7.51. The zero-order valence-corrected chi connectivity index (χ0v) is 13.0. The smallest absolute Gasteiger partial charge is 0.135 e. The summed E-state index contributed by atoms with van der Waals surface area (Å²) in [6, 6.07) is 8.43. The molecule has 0 atom stereocenters. The highest BCUT2D eigenvalue weighted by molar-refractivity contribution is 6.00. The Kier molecular flexibility index (Phi) is 2.32. The van der Waals surface area contributed by atoms with E-state index in [1.54, 1.807) is 0 Å². The molecule has 0 bridgehead atoms. The topological polar surface area (TPSA) is 18.5 Å². The van der Waals surface area contributed by atoms with E-state index in [1.165, 1.54) is 21.9 Å². The summed E-state index contributed by atoms with van der Waals surface area (Å²) >= 11 is 0. The summed E-state index contributed by atoms with van der Waals surface area (Å²) in [5.74, 6) is 2.00. The van der Waals surface area contributed by atoms with Crippen molar-refractivity contribution < 1.29 is 9.47 Å². The Morgan fingerprint density at radius 1 is 0.905 bits per heavy atom. The lowest BCUT2D eigenvalue weighted by molar-refractivity contribution is 0.139. The molecule has 0 N–H and O–H groups in total. The van der Waals surface area contributed by atoms with Gasteiger partial charge in [-0.2, -0.15) is 0 Å². The number of fused-ring (bicyclic) bond motifs is 6. The Morgan fingerprint density at radius 3 is 2.38 bits per heavy atom. The van der Waals surface area contributed by atoms with E-state index < -0.39 is 0 Å². The third-order valence-electron chi connectivity index (χ3n) is 4.25. The largest absolute Gasteiger partial charge is 0.486 e. The first kappa shape index (κ1) is 12.8. The molecule has 2 aliphatic heterocycles. The molecule has 2 aliphatic rings. The van der Waals surface area contributed by atoms with Crippen LogP contribution in [-0.4, -0.2) is 11.2 Å². The molecule has 0 saturated carbocycles. The van der Waals surface area contributed by atoms with Crippen LogP contribution in [0, 0.1) is 0 Å². The van der Waals surface area contributed by atoms with Gasteiger partial charge in [0.15, 0.2) is 0 Å². The number of hydrogen-bond acceptors (Lipinski definition) is 2. The molecule has 2 aromatic rings. The van der Waals surface area contributed by atoms with Crippen molar-refractivity contribution in [2.24, 2.45) is 0 Å². The fourth-order valence-corrected chi connectivity index (χ4v) is 3.34. The summed E-state index contributed by atoms with van der Waals surface area (Å²) in [5, 5.41) is 2.39. The van der Waals surface area contributed by atoms with E-state index in [1.807, 2.05) is 0 Å². The van der Waals surface area contributed by atoms with Crippen LogP contribution in [0.15, 0.2) is 30.3 Å². The Bertz CT molecular complexity index is 782. The molecular formula is C19H20O2. The van der Waals surface area contributed by atoms with E-state index in [9.17, 15) is 0 Å². The van der Waals surface area contributed by atoms with Crippen molar-refractivity contribution in [3.63, 3.8) is 0 Å². The van der Waals surface area contributed by atoms with Crippen LogP contribution in [-0.2, 0) is 6.42 Å². The normalized spacial score (nSPS) is 20.6. The Hall–Kier alpha value is -1.96. The van der Waals surface area contributed by atoms with Gasteiger partial charge in [0.2, 0.25) is 0 Å². The molecular weight excluding hydrogens is 260 g/mol. The van der Waals surface area contributed by atoms with Crippen molar-refractivity contribution in [3.8, 4) is 11.5 Å². The molecule has 21 heavy (non-hydrogen) atoms. The molecule has 108 valence electrons. The van der Waals surface area contributed by atoms with Crippen LogP contribution in [0.3, 0.4) is 0 Å². The van der Waals surface area contributed by atoms with Gasteiger partial charge in [0.1, 0.15) is 22.7 Å². The second-order valence-corrected chi connectivity index (χ2v) is 7.17. The summed E-state index contributed by atoms with van der Waals surface area (Å²) in [6.07, 6.45) is 5.22. The lowest BCUT2D eigenvalue weighted by Gasteiger charge is -2.30. The predicted molar refractivity (Wildman–Crippen MR) is 86.1 cm³/mol. The Morgan fingerprint density at radius 2 is 1.62 bits per heavy atom. The minimum absolute atomic E-state index is 0.172. The second-order valence-electron chi connectivity index (χ2n) is 7.17. The minimum Gasteiger partial charge on any atom is -0.486 e. The van der Waals surface area contributed by atoms with Crippen molar-refractivity contribution in [1.82, 2.24) is 0 Å².